The van der Waals surface area contributed by atoms with Crippen LogP contribution in [-0.2, 0) is 0 Å². The molecule has 0 aliphatic rings. The molecule has 0 aliphatic carbocycles. The number of hydrogen-bond donors (Lipinski definition) is 1. The number of nitrogens with zero attached hydrogens (tertiary/aromatic N) is 2. The Morgan fingerprint density at radius 1 is 1.45 bits per heavy atom. The van der Waals surface area contributed by atoms with Crippen LogP contribution in [0.3, 0.4) is 0 Å². The second-order valence-corrected chi connectivity index (χ2v) is 5.50. The van der Waals surface area contributed by atoms with Crippen molar-refractivity contribution in [3.8, 4) is 6.07 Å². The van der Waals surface area contributed by atoms with Gasteiger partial charge in [0.1, 0.15) is 10.7 Å². The fourth-order valence-corrected chi connectivity index (χ4v) is 2.06. The molecule has 4 nitrogen and oxygen atoms in total. The minimum Gasteiger partial charge on any atom is -0.334 e. The third kappa shape index (κ3) is 3.71. The number of carbonyl (C=O) groups excluding carboxylic acids is 1. The first-order chi connectivity index (χ1) is 9.37. The zero-order valence-electron chi connectivity index (χ0n) is 12.3. The largest absolute Gasteiger partial charge is 0.334 e. The van der Waals surface area contributed by atoms with Gasteiger partial charge in [-0.05, 0) is 30.9 Å². The molecule has 0 saturated carbocycles. The molecule has 0 atom stereocenters. The molecule has 1 aromatic rings. The average molecular weight is 294 g/mol. The highest BCUT2D eigenvalue weighted by atomic mass is 35.5. The summed E-state index contributed by atoms with van der Waals surface area (Å²) in [5.41, 5.74) is 0.374. The molecule has 0 fully saturated rings. The predicted octanol–water partition coefficient (Wildman–Crippen LogP) is 3.67. The van der Waals surface area contributed by atoms with Gasteiger partial charge >= 0.3 is 0 Å². The summed E-state index contributed by atoms with van der Waals surface area (Å²) in [7, 11) is 0. The van der Waals surface area contributed by atoms with Crippen LogP contribution in [-0.4, -0.2) is 16.4 Å². The molecule has 0 unspecified atom stereocenters. The lowest BCUT2D eigenvalue weighted by Gasteiger charge is -2.25. The Balaban J connectivity index is 3.07. The maximum absolute atomic E-state index is 12.3. The van der Waals surface area contributed by atoms with Crippen LogP contribution in [0.2, 0.25) is 5.15 Å². The van der Waals surface area contributed by atoms with Crippen molar-refractivity contribution in [2.75, 3.05) is 0 Å². The number of nitriles is 1. The van der Waals surface area contributed by atoms with E-state index in [4.69, 9.17) is 11.6 Å². The molecule has 1 N–H and O–H groups in total. The number of hydrogen-bond acceptors (Lipinski definition) is 3. The first-order valence-electron chi connectivity index (χ1n) is 6.78. The summed E-state index contributed by atoms with van der Waals surface area (Å²) >= 11 is 5.95. The van der Waals surface area contributed by atoms with Crippen molar-refractivity contribution in [1.29, 1.82) is 5.26 Å². The highest BCUT2D eigenvalue weighted by molar-refractivity contribution is 6.29. The van der Waals surface area contributed by atoms with E-state index in [0.717, 1.165) is 5.69 Å². The van der Waals surface area contributed by atoms with Crippen LogP contribution in [0.15, 0.2) is 12.1 Å². The lowest BCUT2D eigenvalue weighted by Crippen LogP contribution is -2.46. The van der Waals surface area contributed by atoms with Crippen LogP contribution < -0.4 is 5.32 Å². The molecule has 20 heavy (non-hydrogen) atoms. The monoisotopic (exact) mass is 293 g/mol. The van der Waals surface area contributed by atoms with Gasteiger partial charge in [0.15, 0.2) is 0 Å². The van der Waals surface area contributed by atoms with Gasteiger partial charge in [0.2, 0.25) is 0 Å². The van der Waals surface area contributed by atoms with Crippen molar-refractivity contribution in [1.82, 2.24) is 10.3 Å². The van der Waals surface area contributed by atoms with Crippen molar-refractivity contribution in [3.63, 3.8) is 0 Å². The summed E-state index contributed by atoms with van der Waals surface area (Å²) in [6, 6.07) is 5.43. The van der Waals surface area contributed by atoms with Crippen LogP contribution in [0.1, 0.15) is 62.5 Å². The molecule has 108 valence electrons. The number of nitrogens with one attached hydrogen (secondary N) is 1. The average Bonchev–Trinajstić information content (AvgIpc) is 2.44. The molecule has 1 aromatic heterocycles. The van der Waals surface area contributed by atoms with Crippen molar-refractivity contribution in [3.05, 3.63) is 28.5 Å². The summed E-state index contributed by atoms with van der Waals surface area (Å²) < 4.78 is 0. The fraction of sp³-hybridized carbons (Fsp3) is 0.533. The number of rotatable bonds is 5. The summed E-state index contributed by atoms with van der Waals surface area (Å²) in [5, 5.41) is 12.4. The smallest absolute Gasteiger partial charge is 0.252 e. The van der Waals surface area contributed by atoms with Gasteiger partial charge in [-0.2, -0.15) is 5.26 Å². The molecule has 1 amide bonds. The highest BCUT2D eigenvalue weighted by Gasteiger charge is 2.28. The molecule has 1 rings (SSSR count). The van der Waals surface area contributed by atoms with Crippen LogP contribution >= 0.6 is 11.6 Å². The molecule has 1 heterocycles. The molecule has 0 bridgehead atoms. The van der Waals surface area contributed by atoms with E-state index < -0.39 is 5.54 Å². The fourth-order valence-electron chi connectivity index (χ4n) is 1.85. The van der Waals surface area contributed by atoms with Crippen LogP contribution in [0, 0.1) is 11.3 Å². The van der Waals surface area contributed by atoms with E-state index in [9.17, 15) is 10.1 Å². The van der Waals surface area contributed by atoms with Gasteiger partial charge in [0.05, 0.1) is 6.07 Å². The van der Waals surface area contributed by atoms with Gasteiger partial charge in [0.25, 0.3) is 5.91 Å². The Morgan fingerprint density at radius 2 is 2.05 bits per heavy atom. The zero-order valence-corrected chi connectivity index (χ0v) is 13.1. The predicted molar refractivity (Wildman–Crippen MR) is 79.7 cm³/mol. The number of pyridine rings is 1. The van der Waals surface area contributed by atoms with E-state index in [1.165, 1.54) is 6.07 Å². The molecule has 0 spiro atoms. The Morgan fingerprint density at radius 3 is 2.50 bits per heavy atom. The Bertz CT molecular complexity index is 530. The molecular weight excluding hydrogens is 274 g/mol. The number of amides is 1. The molecule has 0 aromatic carbocycles. The summed E-state index contributed by atoms with van der Waals surface area (Å²) in [6.45, 7) is 7.73. The minimum absolute atomic E-state index is 0.179. The Hall–Kier alpha value is -1.60. The second kappa shape index (κ2) is 6.71. The lowest BCUT2D eigenvalue weighted by atomic mass is 9.94. The quantitative estimate of drug-likeness (QED) is 0.842. The lowest BCUT2D eigenvalue weighted by molar-refractivity contribution is 0.0915. The zero-order chi connectivity index (χ0) is 15.3. The molecule has 0 saturated heterocycles. The highest BCUT2D eigenvalue weighted by Crippen LogP contribution is 2.19. The maximum Gasteiger partial charge on any atom is 0.252 e. The topological polar surface area (TPSA) is 65.8 Å². The van der Waals surface area contributed by atoms with Gasteiger partial charge in [-0.15, -0.1) is 0 Å². The molecule has 0 radical (unpaired) electrons. The molecule has 0 aliphatic heterocycles. The van der Waals surface area contributed by atoms with E-state index in [-0.39, 0.29) is 17.0 Å². The molecular formula is C15H20ClN3O. The maximum atomic E-state index is 12.3. The van der Waals surface area contributed by atoms with E-state index in [2.05, 4.69) is 16.4 Å². The van der Waals surface area contributed by atoms with E-state index >= 15 is 0 Å². The number of halogens is 1. The van der Waals surface area contributed by atoms with Crippen molar-refractivity contribution in [2.45, 2.75) is 52.0 Å². The van der Waals surface area contributed by atoms with E-state index in [1.54, 1.807) is 6.07 Å². The third-order valence-electron chi connectivity index (χ3n) is 3.44. The first kappa shape index (κ1) is 16.5. The number of carbonyl (C=O) groups is 1. The first-order valence-corrected chi connectivity index (χ1v) is 7.16. The summed E-state index contributed by atoms with van der Waals surface area (Å²) in [5.74, 6) is -0.111. The van der Waals surface area contributed by atoms with E-state index in [0.29, 0.717) is 18.4 Å². The third-order valence-corrected chi connectivity index (χ3v) is 3.64. The Kier molecular flexibility index (Phi) is 5.52. The SMILES string of the molecule is CCC(C#N)(CC)NC(=O)c1cc(Cl)nc(C(C)C)c1. The summed E-state index contributed by atoms with van der Waals surface area (Å²) in [4.78, 5) is 16.5. The second-order valence-electron chi connectivity index (χ2n) is 5.11. The van der Waals surface area contributed by atoms with Gasteiger partial charge in [-0.25, -0.2) is 4.98 Å². The number of aromatic nitrogens is 1. The van der Waals surface area contributed by atoms with Crippen LogP contribution in [0.4, 0.5) is 0 Å². The standard InChI is InChI=1S/C15H20ClN3O/c1-5-15(6-2,9-17)19-14(20)11-7-12(10(3)4)18-13(16)8-11/h7-8,10H,5-6H2,1-4H3,(H,19,20). The Labute approximate surface area is 125 Å². The van der Waals surface area contributed by atoms with Crippen molar-refractivity contribution < 1.29 is 4.79 Å². The summed E-state index contributed by atoms with van der Waals surface area (Å²) in [6.07, 6.45) is 1.11. The normalized spacial score (nSPS) is 11.2. The van der Waals surface area contributed by atoms with Gasteiger partial charge < -0.3 is 5.32 Å². The van der Waals surface area contributed by atoms with Crippen LogP contribution in [0.25, 0.3) is 0 Å². The van der Waals surface area contributed by atoms with Crippen molar-refractivity contribution >= 4 is 17.5 Å². The van der Waals surface area contributed by atoms with Gasteiger partial charge in [-0.3, -0.25) is 4.79 Å². The van der Waals surface area contributed by atoms with Crippen LogP contribution in [0.5, 0.6) is 0 Å². The van der Waals surface area contributed by atoms with Gasteiger partial charge in [0, 0.05) is 11.3 Å². The minimum atomic E-state index is -0.829. The van der Waals surface area contributed by atoms with Crippen molar-refractivity contribution in [2.24, 2.45) is 0 Å². The van der Waals surface area contributed by atoms with Gasteiger partial charge in [-0.1, -0.05) is 39.3 Å². The van der Waals surface area contributed by atoms with E-state index in [1.807, 2.05) is 27.7 Å². The molecule has 5 heteroatoms.